The molecule has 1 aliphatic rings. The Morgan fingerprint density at radius 1 is 1.38 bits per heavy atom. The van der Waals surface area contributed by atoms with Crippen LogP contribution in [0.1, 0.15) is 0 Å². The highest BCUT2D eigenvalue weighted by Crippen LogP contribution is 2.19. The summed E-state index contributed by atoms with van der Waals surface area (Å²) in [7, 11) is 1.61. The van der Waals surface area contributed by atoms with Gasteiger partial charge >= 0.3 is 0 Å². The van der Waals surface area contributed by atoms with Gasteiger partial charge in [0.1, 0.15) is 5.82 Å². The van der Waals surface area contributed by atoms with Crippen molar-refractivity contribution in [1.29, 1.82) is 0 Å². The Labute approximate surface area is 98.8 Å². The van der Waals surface area contributed by atoms with Crippen LogP contribution in [0.5, 0.6) is 0 Å². The van der Waals surface area contributed by atoms with E-state index in [1.54, 1.807) is 0 Å². The van der Waals surface area contributed by atoms with Crippen molar-refractivity contribution < 1.29 is 8.42 Å². The summed E-state index contributed by atoms with van der Waals surface area (Å²) in [4.78, 5) is 6.28. The van der Waals surface area contributed by atoms with Crippen molar-refractivity contribution in [2.45, 2.75) is 4.90 Å². The average molecular weight is 262 g/mol. The lowest BCUT2D eigenvalue weighted by molar-refractivity contribution is 0.584. The molecule has 0 radical (unpaired) electrons. The molecule has 0 spiro atoms. The fraction of sp³-hybridized carbons (Fsp3) is 0.444. The van der Waals surface area contributed by atoms with E-state index in [0.717, 1.165) is 26.2 Å². The molecule has 1 aromatic heterocycles. The van der Waals surface area contributed by atoms with Crippen LogP contribution in [-0.4, -0.2) is 39.6 Å². The minimum atomic E-state index is -3.67. The summed E-state index contributed by atoms with van der Waals surface area (Å²) in [5, 5.41) is 3.22. The molecule has 0 atom stereocenters. The minimum Gasteiger partial charge on any atom is -0.354 e. The number of piperazine rings is 1. The number of hydrogen-bond donors (Lipinski definition) is 1. The van der Waals surface area contributed by atoms with Gasteiger partial charge in [0, 0.05) is 49.1 Å². The zero-order valence-electron chi connectivity index (χ0n) is 8.56. The first-order chi connectivity index (χ1) is 7.57. The standard InChI is InChI=1S/C9H12ClN3O2S/c10-16(14,15)8-1-2-12-9(7-8)13-5-3-11-4-6-13/h1-2,7,11H,3-6H2. The molecular formula is C9H12ClN3O2S. The van der Waals surface area contributed by atoms with Crippen LogP contribution >= 0.6 is 10.7 Å². The second-order valence-electron chi connectivity index (χ2n) is 3.52. The number of aromatic nitrogens is 1. The Hall–Kier alpha value is -0.850. The molecule has 7 heteroatoms. The predicted octanol–water partition coefficient (Wildman–Crippen LogP) is 0.419. The maximum atomic E-state index is 11.2. The molecule has 5 nitrogen and oxygen atoms in total. The SMILES string of the molecule is O=S(=O)(Cl)c1ccnc(N2CCNCC2)c1. The predicted molar refractivity (Wildman–Crippen MR) is 62.4 cm³/mol. The number of rotatable bonds is 2. The summed E-state index contributed by atoms with van der Waals surface area (Å²) >= 11 is 0. The van der Waals surface area contributed by atoms with Gasteiger partial charge in [-0.05, 0) is 6.07 Å². The molecule has 0 amide bonds. The highest BCUT2D eigenvalue weighted by atomic mass is 35.7. The molecule has 88 valence electrons. The van der Waals surface area contributed by atoms with Crippen molar-refractivity contribution in [1.82, 2.24) is 10.3 Å². The fourth-order valence-electron chi connectivity index (χ4n) is 1.62. The minimum absolute atomic E-state index is 0.0951. The van der Waals surface area contributed by atoms with E-state index in [4.69, 9.17) is 10.7 Å². The molecule has 16 heavy (non-hydrogen) atoms. The zero-order valence-corrected chi connectivity index (χ0v) is 10.1. The van der Waals surface area contributed by atoms with Gasteiger partial charge in [-0.15, -0.1) is 0 Å². The van der Waals surface area contributed by atoms with Gasteiger partial charge in [-0.3, -0.25) is 0 Å². The molecule has 0 aliphatic carbocycles. The maximum absolute atomic E-state index is 11.2. The highest BCUT2D eigenvalue weighted by molar-refractivity contribution is 8.13. The molecule has 0 aromatic carbocycles. The summed E-state index contributed by atoms with van der Waals surface area (Å²) in [5.74, 6) is 0.656. The van der Waals surface area contributed by atoms with E-state index in [-0.39, 0.29) is 4.90 Å². The molecule has 0 saturated carbocycles. The first kappa shape index (κ1) is 11.6. The Kier molecular flexibility index (Phi) is 3.32. The smallest absolute Gasteiger partial charge is 0.261 e. The lowest BCUT2D eigenvalue weighted by atomic mass is 10.3. The van der Waals surface area contributed by atoms with Crippen molar-refractivity contribution in [3.63, 3.8) is 0 Å². The van der Waals surface area contributed by atoms with Gasteiger partial charge in [0.25, 0.3) is 9.05 Å². The molecule has 2 rings (SSSR count). The van der Waals surface area contributed by atoms with Crippen molar-refractivity contribution in [2.75, 3.05) is 31.1 Å². The van der Waals surface area contributed by atoms with Gasteiger partial charge < -0.3 is 10.2 Å². The molecule has 0 unspecified atom stereocenters. The fourth-order valence-corrected chi connectivity index (χ4v) is 2.38. The summed E-state index contributed by atoms with van der Waals surface area (Å²) < 4.78 is 22.3. The van der Waals surface area contributed by atoms with E-state index in [1.807, 2.05) is 4.90 Å². The van der Waals surface area contributed by atoms with Crippen LogP contribution in [-0.2, 0) is 9.05 Å². The topological polar surface area (TPSA) is 62.3 Å². The van der Waals surface area contributed by atoms with Crippen molar-refractivity contribution in [2.24, 2.45) is 0 Å². The number of nitrogens with one attached hydrogen (secondary N) is 1. The largest absolute Gasteiger partial charge is 0.354 e. The molecular weight excluding hydrogens is 250 g/mol. The third kappa shape index (κ3) is 2.63. The van der Waals surface area contributed by atoms with Crippen LogP contribution in [0.3, 0.4) is 0 Å². The highest BCUT2D eigenvalue weighted by Gasteiger charge is 2.15. The van der Waals surface area contributed by atoms with Crippen LogP contribution in [0.2, 0.25) is 0 Å². The second-order valence-corrected chi connectivity index (χ2v) is 6.09. The third-order valence-electron chi connectivity index (χ3n) is 2.44. The number of halogens is 1. The molecule has 1 saturated heterocycles. The van der Waals surface area contributed by atoms with E-state index in [0.29, 0.717) is 5.82 Å². The monoisotopic (exact) mass is 261 g/mol. The summed E-state index contributed by atoms with van der Waals surface area (Å²) in [6, 6.07) is 2.90. The van der Waals surface area contributed by atoms with Crippen LogP contribution in [0.4, 0.5) is 5.82 Å². The molecule has 2 heterocycles. The summed E-state index contributed by atoms with van der Waals surface area (Å²) in [6.07, 6.45) is 1.46. The van der Waals surface area contributed by atoms with Crippen LogP contribution in [0.25, 0.3) is 0 Å². The van der Waals surface area contributed by atoms with Gasteiger partial charge in [0.05, 0.1) is 4.90 Å². The number of hydrogen-bond acceptors (Lipinski definition) is 5. The summed E-state index contributed by atoms with van der Waals surface area (Å²) in [5.41, 5.74) is 0. The Balaban J connectivity index is 2.28. The van der Waals surface area contributed by atoms with Crippen molar-refractivity contribution in [3.05, 3.63) is 18.3 Å². The Morgan fingerprint density at radius 3 is 2.69 bits per heavy atom. The third-order valence-corrected chi connectivity index (χ3v) is 3.79. The van der Waals surface area contributed by atoms with Crippen molar-refractivity contribution >= 4 is 25.6 Å². The molecule has 1 fully saturated rings. The molecule has 0 bridgehead atoms. The molecule has 1 aliphatic heterocycles. The molecule has 1 N–H and O–H groups in total. The zero-order chi connectivity index (χ0) is 11.6. The van der Waals surface area contributed by atoms with Gasteiger partial charge in [-0.2, -0.15) is 0 Å². The van der Waals surface area contributed by atoms with Gasteiger partial charge in [-0.1, -0.05) is 0 Å². The molecule has 1 aromatic rings. The lowest BCUT2D eigenvalue weighted by Gasteiger charge is -2.28. The quantitative estimate of drug-likeness (QED) is 0.782. The first-order valence-electron chi connectivity index (χ1n) is 4.94. The van der Waals surface area contributed by atoms with Crippen LogP contribution < -0.4 is 10.2 Å². The van der Waals surface area contributed by atoms with E-state index in [1.165, 1.54) is 18.3 Å². The number of anilines is 1. The number of nitrogens with zero attached hydrogens (tertiary/aromatic N) is 2. The van der Waals surface area contributed by atoms with Crippen molar-refractivity contribution in [3.8, 4) is 0 Å². The van der Waals surface area contributed by atoms with Gasteiger partial charge in [0.15, 0.2) is 0 Å². The van der Waals surface area contributed by atoms with Gasteiger partial charge in [-0.25, -0.2) is 13.4 Å². The normalized spacial score (nSPS) is 17.4. The van der Waals surface area contributed by atoms with Gasteiger partial charge in [0.2, 0.25) is 0 Å². The lowest BCUT2D eigenvalue weighted by Crippen LogP contribution is -2.43. The van der Waals surface area contributed by atoms with E-state index in [2.05, 4.69) is 10.3 Å². The number of pyridine rings is 1. The Bertz CT molecular complexity index is 471. The maximum Gasteiger partial charge on any atom is 0.261 e. The van der Waals surface area contributed by atoms with Crippen LogP contribution in [0.15, 0.2) is 23.2 Å². The Morgan fingerprint density at radius 2 is 2.06 bits per heavy atom. The second kappa shape index (κ2) is 4.57. The van der Waals surface area contributed by atoms with Crippen LogP contribution in [0, 0.1) is 0 Å². The summed E-state index contributed by atoms with van der Waals surface area (Å²) in [6.45, 7) is 3.39. The van der Waals surface area contributed by atoms with E-state index in [9.17, 15) is 8.42 Å². The average Bonchev–Trinajstić information content (AvgIpc) is 2.29. The van der Waals surface area contributed by atoms with E-state index >= 15 is 0 Å². The first-order valence-corrected chi connectivity index (χ1v) is 7.25. The van der Waals surface area contributed by atoms with E-state index < -0.39 is 9.05 Å².